The molecule has 2 heterocycles. The van der Waals surface area contributed by atoms with Crippen molar-refractivity contribution in [3.63, 3.8) is 0 Å². The van der Waals surface area contributed by atoms with Crippen LogP contribution < -0.4 is 5.32 Å². The second-order valence-electron chi connectivity index (χ2n) is 6.72. The van der Waals surface area contributed by atoms with Crippen molar-refractivity contribution in [2.75, 3.05) is 32.8 Å². The molecule has 0 aliphatic carbocycles. The van der Waals surface area contributed by atoms with Crippen LogP contribution in [0, 0.1) is 5.92 Å². The summed E-state index contributed by atoms with van der Waals surface area (Å²) in [7, 11) is 0. The number of rotatable bonds is 6. The predicted molar refractivity (Wildman–Crippen MR) is 81.9 cm³/mol. The topological polar surface area (TPSA) is 44.7 Å². The van der Waals surface area contributed by atoms with Crippen molar-refractivity contribution < 1.29 is 9.84 Å². The Hall–Kier alpha value is -0.160. The lowest BCUT2D eigenvalue weighted by Gasteiger charge is -2.36. The molecular weight excluding hydrogens is 252 g/mol. The van der Waals surface area contributed by atoms with E-state index in [1.807, 2.05) is 6.92 Å². The fraction of sp³-hybridized carbons (Fsp3) is 1.00. The van der Waals surface area contributed by atoms with E-state index < -0.39 is 5.60 Å². The van der Waals surface area contributed by atoms with Gasteiger partial charge in [-0.1, -0.05) is 6.92 Å². The number of nitrogens with zero attached hydrogens (tertiary/aromatic N) is 1. The molecule has 0 bridgehead atoms. The van der Waals surface area contributed by atoms with E-state index in [0.29, 0.717) is 19.2 Å². The summed E-state index contributed by atoms with van der Waals surface area (Å²) in [6.07, 6.45) is 4.51. The molecule has 0 radical (unpaired) electrons. The van der Waals surface area contributed by atoms with Gasteiger partial charge in [0.05, 0.1) is 6.10 Å². The van der Waals surface area contributed by atoms with Crippen molar-refractivity contribution in [1.29, 1.82) is 0 Å². The highest BCUT2D eigenvalue weighted by Gasteiger charge is 2.39. The van der Waals surface area contributed by atoms with Gasteiger partial charge in [0.25, 0.3) is 0 Å². The lowest BCUT2D eigenvalue weighted by Crippen LogP contribution is -2.50. The first-order chi connectivity index (χ1) is 9.55. The van der Waals surface area contributed by atoms with Crippen LogP contribution in [0.2, 0.25) is 0 Å². The summed E-state index contributed by atoms with van der Waals surface area (Å²) in [5.74, 6) is 0.740. The summed E-state index contributed by atoms with van der Waals surface area (Å²) in [5, 5.41) is 14.1. The van der Waals surface area contributed by atoms with Gasteiger partial charge in [-0.3, -0.25) is 0 Å². The van der Waals surface area contributed by atoms with Crippen molar-refractivity contribution in [1.82, 2.24) is 10.2 Å². The largest absolute Gasteiger partial charge is 0.386 e. The standard InChI is InChI=1S/C16H32N2O2/c1-4-8-18-9-5-15(6-10-18)13(2)17-12-16(19)7-11-20-14(16)3/h13-15,17,19H,4-12H2,1-3H3. The molecule has 3 unspecified atom stereocenters. The van der Waals surface area contributed by atoms with Crippen LogP contribution in [0.4, 0.5) is 0 Å². The molecule has 118 valence electrons. The summed E-state index contributed by atoms with van der Waals surface area (Å²) >= 11 is 0. The summed E-state index contributed by atoms with van der Waals surface area (Å²) in [6, 6.07) is 0.482. The van der Waals surface area contributed by atoms with Crippen LogP contribution in [0.1, 0.15) is 46.5 Å². The van der Waals surface area contributed by atoms with E-state index in [1.54, 1.807) is 0 Å². The average molecular weight is 284 g/mol. The molecule has 4 heteroatoms. The smallest absolute Gasteiger partial charge is 0.105 e. The molecule has 2 rings (SSSR count). The van der Waals surface area contributed by atoms with E-state index in [1.165, 1.54) is 38.9 Å². The molecule has 0 saturated carbocycles. The molecule has 2 N–H and O–H groups in total. The third kappa shape index (κ3) is 3.94. The monoisotopic (exact) mass is 284 g/mol. The summed E-state index contributed by atoms with van der Waals surface area (Å²) in [6.45, 7) is 11.5. The second kappa shape index (κ2) is 7.21. The van der Waals surface area contributed by atoms with Crippen molar-refractivity contribution in [3.05, 3.63) is 0 Å². The SMILES string of the molecule is CCCN1CCC(C(C)NCC2(O)CCOC2C)CC1. The van der Waals surface area contributed by atoms with Crippen LogP contribution in [-0.2, 0) is 4.74 Å². The zero-order chi connectivity index (χ0) is 14.6. The third-order valence-electron chi connectivity index (χ3n) is 5.27. The number of nitrogens with one attached hydrogen (secondary N) is 1. The molecule has 2 saturated heterocycles. The van der Waals surface area contributed by atoms with Gasteiger partial charge in [-0.05, 0) is 58.7 Å². The molecule has 0 amide bonds. The predicted octanol–water partition coefficient (Wildman–Crippen LogP) is 1.63. The van der Waals surface area contributed by atoms with Gasteiger partial charge < -0.3 is 20.1 Å². The molecule has 0 aromatic carbocycles. The maximum atomic E-state index is 10.5. The molecule has 0 aromatic rings. The Labute approximate surface area is 123 Å². The molecule has 2 aliphatic heterocycles. The molecule has 4 nitrogen and oxygen atoms in total. The molecule has 0 aromatic heterocycles. The van der Waals surface area contributed by atoms with Gasteiger partial charge in [-0.15, -0.1) is 0 Å². The highest BCUT2D eigenvalue weighted by Crippen LogP contribution is 2.26. The van der Waals surface area contributed by atoms with Gasteiger partial charge in [0, 0.05) is 25.6 Å². The Kier molecular flexibility index (Phi) is 5.84. The van der Waals surface area contributed by atoms with Gasteiger partial charge in [-0.2, -0.15) is 0 Å². The third-order valence-corrected chi connectivity index (χ3v) is 5.27. The Bertz CT molecular complexity index is 292. The van der Waals surface area contributed by atoms with Crippen molar-refractivity contribution in [2.45, 2.75) is 64.2 Å². The second-order valence-corrected chi connectivity index (χ2v) is 6.72. The minimum absolute atomic E-state index is 0.0476. The zero-order valence-electron chi connectivity index (χ0n) is 13.4. The molecule has 2 aliphatic rings. The first-order valence-electron chi connectivity index (χ1n) is 8.35. The first kappa shape index (κ1) is 16.2. The Morgan fingerprint density at radius 3 is 2.65 bits per heavy atom. The van der Waals surface area contributed by atoms with Crippen LogP contribution >= 0.6 is 0 Å². The number of aliphatic hydroxyl groups is 1. The summed E-state index contributed by atoms with van der Waals surface area (Å²) in [4.78, 5) is 2.57. The van der Waals surface area contributed by atoms with Gasteiger partial charge in [0.1, 0.15) is 5.60 Å². The van der Waals surface area contributed by atoms with E-state index in [4.69, 9.17) is 4.74 Å². The number of piperidine rings is 1. The molecule has 3 atom stereocenters. The Morgan fingerprint density at radius 1 is 1.40 bits per heavy atom. The maximum absolute atomic E-state index is 10.5. The maximum Gasteiger partial charge on any atom is 0.105 e. The van der Waals surface area contributed by atoms with Gasteiger partial charge in [0.15, 0.2) is 0 Å². The van der Waals surface area contributed by atoms with E-state index in [-0.39, 0.29) is 6.10 Å². The first-order valence-corrected chi connectivity index (χ1v) is 8.35. The number of likely N-dealkylation sites (tertiary alicyclic amines) is 1. The van der Waals surface area contributed by atoms with Gasteiger partial charge in [-0.25, -0.2) is 0 Å². The van der Waals surface area contributed by atoms with E-state index in [0.717, 1.165) is 12.3 Å². The molecular formula is C16H32N2O2. The highest BCUT2D eigenvalue weighted by molar-refractivity contribution is 4.93. The van der Waals surface area contributed by atoms with E-state index >= 15 is 0 Å². The van der Waals surface area contributed by atoms with Gasteiger partial charge in [0.2, 0.25) is 0 Å². The van der Waals surface area contributed by atoms with Crippen LogP contribution in [-0.4, -0.2) is 60.5 Å². The van der Waals surface area contributed by atoms with Crippen LogP contribution in [0.25, 0.3) is 0 Å². The number of hydrogen-bond donors (Lipinski definition) is 2. The van der Waals surface area contributed by atoms with Gasteiger partial charge >= 0.3 is 0 Å². The lowest BCUT2D eigenvalue weighted by atomic mass is 9.89. The minimum Gasteiger partial charge on any atom is -0.386 e. The summed E-state index contributed by atoms with van der Waals surface area (Å²) in [5.41, 5.74) is -0.669. The minimum atomic E-state index is -0.669. The van der Waals surface area contributed by atoms with Crippen molar-refractivity contribution >= 4 is 0 Å². The fourth-order valence-corrected chi connectivity index (χ4v) is 3.50. The zero-order valence-corrected chi connectivity index (χ0v) is 13.4. The number of hydrogen-bond acceptors (Lipinski definition) is 4. The van der Waals surface area contributed by atoms with E-state index in [9.17, 15) is 5.11 Å². The van der Waals surface area contributed by atoms with E-state index in [2.05, 4.69) is 24.1 Å². The normalized spacial score (nSPS) is 34.5. The Morgan fingerprint density at radius 2 is 2.10 bits per heavy atom. The Balaban J connectivity index is 1.71. The highest BCUT2D eigenvalue weighted by atomic mass is 16.5. The quantitative estimate of drug-likeness (QED) is 0.778. The van der Waals surface area contributed by atoms with Crippen molar-refractivity contribution in [3.8, 4) is 0 Å². The molecule has 20 heavy (non-hydrogen) atoms. The number of ether oxygens (including phenoxy) is 1. The van der Waals surface area contributed by atoms with Crippen LogP contribution in [0.5, 0.6) is 0 Å². The molecule has 0 spiro atoms. The fourth-order valence-electron chi connectivity index (χ4n) is 3.50. The van der Waals surface area contributed by atoms with Crippen LogP contribution in [0.3, 0.4) is 0 Å². The average Bonchev–Trinajstić information content (AvgIpc) is 2.78. The van der Waals surface area contributed by atoms with Crippen molar-refractivity contribution in [2.24, 2.45) is 5.92 Å². The summed E-state index contributed by atoms with van der Waals surface area (Å²) < 4.78 is 5.49. The lowest BCUT2D eigenvalue weighted by molar-refractivity contribution is -0.0289. The molecule has 2 fully saturated rings. The van der Waals surface area contributed by atoms with Crippen LogP contribution in [0.15, 0.2) is 0 Å².